The zero-order chi connectivity index (χ0) is 14.2. The van der Waals surface area contributed by atoms with Gasteiger partial charge in [0.15, 0.2) is 5.78 Å². The molecule has 19 heavy (non-hydrogen) atoms. The number of halogens is 2. The van der Waals surface area contributed by atoms with E-state index in [1.54, 1.807) is 23.7 Å². The van der Waals surface area contributed by atoms with E-state index in [2.05, 4.69) is 21.0 Å². The zero-order valence-electron chi connectivity index (χ0n) is 11.0. The Morgan fingerprint density at radius 1 is 1.42 bits per heavy atom. The second-order valence-corrected chi connectivity index (χ2v) is 5.41. The van der Waals surface area contributed by atoms with E-state index in [1.807, 2.05) is 6.92 Å². The number of carbonyl (C=O) groups excluding carboxylic acids is 1. The molecule has 1 aromatic carbocycles. The van der Waals surface area contributed by atoms with E-state index >= 15 is 0 Å². The Labute approximate surface area is 119 Å². The van der Waals surface area contributed by atoms with E-state index in [0.717, 1.165) is 10.2 Å². The Bertz CT molecular complexity index is 649. The summed E-state index contributed by atoms with van der Waals surface area (Å²) in [7, 11) is 0. The average molecular weight is 325 g/mol. The molecule has 0 amide bonds. The Kier molecular flexibility index (Phi) is 3.85. The van der Waals surface area contributed by atoms with Crippen molar-refractivity contribution >= 4 is 21.7 Å². The van der Waals surface area contributed by atoms with Gasteiger partial charge in [0, 0.05) is 15.7 Å². The smallest absolute Gasteiger partial charge is 0.163 e. The van der Waals surface area contributed by atoms with Crippen LogP contribution in [0.15, 0.2) is 22.7 Å². The number of carbonyl (C=O) groups is 1. The monoisotopic (exact) mass is 324 g/mol. The molecule has 0 spiro atoms. The predicted octanol–water partition coefficient (Wildman–Crippen LogP) is 3.65. The second kappa shape index (κ2) is 5.25. The number of aryl methyl sites for hydroxylation is 1. The number of hydrogen-bond acceptors (Lipinski definition) is 2. The summed E-state index contributed by atoms with van der Waals surface area (Å²) in [5.41, 5.74) is 2.61. The molecule has 3 nitrogen and oxygen atoms in total. The average Bonchev–Trinajstić information content (AvgIpc) is 2.59. The lowest BCUT2D eigenvalue weighted by molar-refractivity contribution is 0.101. The molecule has 0 atom stereocenters. The molecule has 0 fully saturated rings. The summed E-state index contributed by atoms with van der Waals surface area (Å²) in [5, 5.41) is 4.31. The van der Waals surface area contributed by atoms with Gasteiger partial charge in [0.05, 0.1) is 17.8 Å². The third kappa shape index (κ3) is 2.76. The fraction of sp³-hybridized carbons (Fsp3) is 0.286. The van der Waals surface area contributed by atoms with E-state index in [9.17, 15) is 9.18 Å². The lowest BCUT2D eigenvalue weighted by Gasteiger charge is -2.07. The van der Waals surface area contributed by atoms with E-state index in [1.165, 1.54) is 13.0 Å². The predicted molar refractivity (Wildman–Crippen MR) is 74.9 cm³/mol. The van der Waals surface area contributed by atoms with Gasteiger partial charge in [0.1, 0.15) is 5.82 Å². The molecule has 0 saturated heterocycles. The minimum atomic E-state index is -0.278. The van der Waals surface area contributed by atoms with Crippen LogP contribution >= 0.6 is 15.9 Å². The molecule has 0 bridgehead atoms. The first-order valence-corrected chi connectivity index (χ1v) is 6.68. The summed E-state index contributed by atoms with van der Waals surface area (Å²) < 4.78 is 16.2. The topological polar surface area (TPSA) is 34.9 Å². The second-order valence-electron chi connectivity index (χ2n) is 4.50. The van der Waals surface area contributed by atoms with Crippen LogP contribution in [-0.2, 0) is 6.54 Å². The number of aromatic nitrogens is 2. The van der Waals surface area contributed by atoms with Crippen LogP contribution in [-0.4, -0.2) is 15.6 Å². The quantitative estimate of drug-likeness (QED) is 0.808. The number of rotatable bonds is 3. The molecule has 0 N–H and O–H groups in total. The van der Waals surface area contributed by atoms with E-state index in [4.69, 9.17) is 0 Å². The highest BCUT2D eigenvalue weighted by atomic mass is 79.9. The van der Waals surface area contributed by atoms with Crippen LogP contribution in [0.25, 0.3) is 0 Å². The lowest BCUT2D eigenvalue weighted by Crippen LogP contribution is -2.06. The molecule has 2 rings (SSSR count). The van der Waals surface area contributed by atoms with Gasteiger partial charge in [-0.15, -0.1) is 0 Å². The van der Waals surface area contributed by atoms with Crippen LogP contribution in [0.4, 0.5) is 4.39 Å². The van der Waals surface area contributed by atoms with Crippen molar-refractivity contribution in [3.63, 3.8) is 0 Å². The summed E-state index contributed by atoms with van der Waals surface area (Å²) in [6.45, 7) is 5.44. The van der Waals surface area contributed by atoms with Crippen LogP contribution in [0.5, 0.6) is 0 Å². The molecule has 0 aliphatic carbocycles. The van der Waals surface area contributed by atoms with E-state index in [-0.39, 0.29) is 11.6 Å². The molecule has 100 valence electrons. The standard InChI is InChI=1S/C14H14BrFN2O/c1-8-14(10(3)19)9(2)18(17-8)7-11-6-12(15)4-5-13(11)16/h4-6H,7H2,1-3H3. The first-order valence-electron chi connectivity index (χ1n) is 5.89. The molecule has 0 aliphatic heterocycles. The maximum Gasteiger partial charge on any atom is 0.163 e. The fourth-order valence-electron chi connectivity index (χ4n) is 2.19. The third-order valence-corrected chi connectivity index (χ3v) is 3.55. The van der Waals surface area contributed by atoms with Crippen LogP contribution in [0.2, 0.25) is 0 Å². The fourth-order valence-corrected chi connectivity index (χ4v) is 2.59. The maximum atomic E-state index is 13.7. The highest BCUT2D eigenvalue weighted by Crippen LogP contribution is 2.19. The van der Waals surface area contributed by atoms with Crippen molar-refractivity contribution in [2.75, 3.05) is 0 Å². The van der Waals surface area contributed by atoms with Crippen molar-refractivity contribution in [2.45, 2.75) is 27.3 Å². The molecule has 0 unspecified atom stereocenters. The van der Waals surface area contributed by atoms with Crippen molar-refractivity contribution in [2.24, 2.45) is 0 Å². The molecular formula is C14H14BrFN2O. The third-order valence-electron chi connectivity index (χ3n) is 3.06. The number of hydrogen-bond donors (Lipinski definition) is 0. The minimum Gasteiger partial charge on any atom is -0.294 e. The molecule has 1 heterocycles. The minimum absolute atomic E-state index is 0.0176. The van der Waals surface area contributed by atoms with Gasteiger partial charge in [0.2, 0.25) is 0 Å². The molecular weight excluding hydrogens is 311 g/mol. The first kappa shape index (κ1) is 13.9. The number of ketones is 1. The summed E-state index contributed by atoms with van der Waals surface area (Å²) in [5.74, 6) is -0.295. The van der Waals surface area contributed by atoms with Crippen molar-refractivity contribution in [1.82, 2.24) is 9.78 Å². The molecule has 1 aromatic heterocycles. The highest BCUT2D eigenvalue weighted by molar-refractivity contribution is 9.10. The van der Waals surface area contributed by atoms with Crippen LogP contribution in [0.1, 0.15) is 34.2 Å². The van der Waals surface area contributed by atoms with Gasteiger partial charge in [-0.1, -0.05) is 15.9 Å². The lowest BCUT2D eigenvalue weighted by atomic mass is 10.1. The number of nitrogens with zero attached hydrogens (tertiary/aromatic N) is 2. The Balaban J connectivity index is 2.42. The SMILES string of the molecule is CC(=O)c1c(C)nn(Cc2cc(Br)ccc2F)c1C. The largest absolute Gasteiger partial charge is 0.294 e. The summed E-state index contributed by atoms with van der Waals surface area (Å²) >= 11 is 3.32. The summed E-state index contributed by atoms with van der Waals surface area (Å²) in [4.78, 5) is 11.5. The Morgan fingerprint density at radius 2 is 2.11 bits per heavy atom. The van der Waals surface area contributed by atoms with Crippen LogP contribution in [0, 0.1) is 19.7 Å². The van der Waals surface area contributed by atoms with Gasteiger partial charge in [-0.3, -0.25) is 9.48 Å². The Hall–Kier alpha value is -1.49. The van der Waals surface area contributed by atoms with Crippen molar-refractivity contribution in [1.29, 1.82) is 0 Å². The van der Waals surface area contributed by atoms with E-state index < -0.39 is 0 Å². The summed E-state index contributed by atoms with van der Waals surface area (Å²) in [6, 6.07) is 4.79. The maximum absolute atomic E-state index is 13.7. The number of Topliss-reactive ketones (excluding diaryl/α,β-unsaturated/α-hetero) is 1. The number of benzene rings is 1. The van der Waals surface area contributed by atoms with Crippen molar-refractivity contribution in [3.8, 4) is 0 Å². The highest BCUT2D eigenvalue weighted by Gasteiger charge is 2.16. The van der Waals surface area contributed by atoms with Gasteiger partial charge in [-0.2, -0.15) is 5.10 Å². The van der Waals surface area contributed by atoms with Gasteiger partial charge < -0.3 is 0 Å². The van der Waals surface area contributed by atoms with Gasteiger partial charge in [0.25, 0.3) is 0 Å². The summed E-state index contributed by atoms with van der Waals surface area (Å²) in [6.07, 6.45) is 0. The zero-order valence-corrected chi connectivity index (χ0v) is 12.6. The molecule has 5 heteroatoms. The van der Waals surface area contributed by atoms with Gasteiger partial charge in [-0.05, 0) is 39.0 Å². The van der Waals surface area contributed by atoms with Crippen molar-refractivity contribution < 1.29 is 9.18 Å². The van der Waals surface area contributed by atoms with E-state index in [0.29, 0.717) is 23.4 Å². The molecule has 0 aliphatic rings. The van der Waals surface area contributed by atoms with Crippen LogP contribution < -0.4 is 0 Å². The Morgan fingerprint density at radius 3 is 2.68 bits per heavy atom. The normalized spacial score (nSPS) is 10.8. The molecule has 0 saturated carbocycles. The molecule has 2 aromatic rings. The molecule has 0 radical (unpaired) electrons. The first-order chi connectivity index (χ1) is 8.90. The van der Waals surface area contributed by atoms with Gasteiger partial charge in [-0.25, -0.2) is 4.39 Å². The van der Waals surface area contributed by atoms with Gasteiger partial charge >= 0.3 is 0 Å². The van der Waals surface area contributed by atoms with Crippen molar-refractivity contribution in [3.05, 3.63) is 51.0 Å². The van der Waals surface area contributed by atoms with Crippen LogP contribution in [0.3, 0.4) is 0 Å².